The second kappa shape index (κ2) is 9.05. The van der Waals surface area contributed by atoms with E-state index < -0.39 is 0 Å². The van der Waals surface area contributed by atoms with Gasteiger partial charge in [-0.3, -0.25) is 0 Å². The first-order valence-electron chi connectivity index (χ1n) is 8.99. The van der Waals surface area contributed by atoms with Gasteiger partial charge < -0.3 is 15.5 Å². The summed E-state index contributed by atoms with van der Waals surface area (Å²) in [5.41, 5.74) is 7.38. The van der Waals surface area contributed by atoms with E-state index in [4.69, 9.17) is 17.3 Å². The molecule has 146 valence electrons. The number of anilines is 1. The molecule has 2 aliphatic rings. The van der Waals surface area contributed by atoms with Gasteiger partial charge in [0.2, 0.25) is 0 Å². The number of piperazine rings is 1. The molecule has 2 N–H and O–H groups in total. The normalized spacial score (nSPS) is 17.7. The number of aromatic nitrogens is 4. The first-order chi connectivity index (χ1) is 12.7. The van der Waals surface area contributed by atoms with Crippen LogP contribution in [-0.4, -0.2) is 57.2 Å². The molecule has 10 heteroatoms. The second-order valence-electron chi connectivity index (χ2n) is 6.85. The van der Waals surface area contributed by atoms with Crippen LogP contribution in [0.3, 0.4) is 0 Å². The van der Waals surface area contributed by atoms with Gasteiger partial charge in [0, 0.05) is 43.4 Å². The molecule has 0 atom stereocenters. The Bertz CT molecular complexity index is 765. The maximum absolute atomic E-state index is 6.19. The minimum Gasteiger partial charge on any atom is -0.370 e. The van der Waals surface area contributed by atoms with Crippen LogP contribution in [-0.2, 0) is 13.1 Å². The van der Waals surface area contributed by atoms with E-state index in [-0.39, 0.29) is 24.0 Å². The van der Waals surface area contributed by atoms with Crippen LogP contribution in [0.2, 0.25) is 5.02 Å². The number of benzene rings is 1. The zero-order valence-corrected chi connectivity index (χ0v) is 18.1. The third-order valence-corrected chi connectivity index (χ3v) is 5.16. The molecule has 0 spiro atoms. The zero-order valence-electron chi connectivity index (χ0n) is 15.0. The van der Waals surface area contributed by atoms with E-state index >= 15 is 0 Å². The van der Waals surface area contributed by atoms with Crippen molar-refractivity contribution in [2.75, 3.05) is 31.1 Å². The van der Waals surface area contributed by atoms with Crippen LogP contribution in [0, 0.1) is 5.92 Å². The summed E-state index contributed by atoms with van der Waals surface area (Å²) in [6, 6.07) is 7.94. The van der Waals surface area contributed by atoms with E-state index in [1.54, 1.807) is 0 Å². The monoisotopic (exact) mass is 502 g/mol. The fraction of sp³-hybridized carbons (Fsp3) is 0.529. The Morgan fingerprint density at radius 1 is 1.15 bits per heavy atom. The van der Waals surface area contributed by atoms with Gasteiger partial charge in [-0.25, -0.2) is 9.67 Å². The summed E-state index contributed by atoms with van der Waals surface area (Å²) in [6.45, 7) is 4.78. The first-order valence-corrected chi connectivity index (χ1v) is 9.37. The van der Waals surface area contributed by atoms with Crippen molar-refractivity contribution in [3.63, 3.8) is 0 Å². The molecular formula is C17H24ClIN8. The van der Waals surface area contributed by atoms with E-state index in [0.29, 0.717) is 12.5 Å². The highest BCUT2D eigenvalue weighted by atomic mass is 127. The third kappa shape index (κ3) is 5.22. The lowest BCUT2D eigenvalue weighted by Gasteiger charge is -2.36. The Morgan fingerprint density at radius 2 is 1.85 bits per heavy atom. The predicted octanol–water partition coefficient (Wildman–Crippen LogP) is 1.99. The summed E-state index contributed by atoms with van der Waals surface area (Å²) >= 11 is 5.96. The average Bonchev–Trinajstić information content (AvgIpc) is 3.37. The van der Waals surface area contributed by atoms with Crippen LogP contribution in [0.5, 0.6) is 0 Å². The molecule has 0 unspecified atom stereocenters. The molecule has 2 fully saturated rings. The molecule has 0 bridgehead atoms. The number of nitrogens with two attached hydrogens (primary N) is 1. The van der Waals surface area contributed by atoms with Gasteiger partial charge in [-0.1, -0.05) is 11.6 Å². The van der Waals surface area contributed by atoms with Gasteiger partial charge in [0.15, 0.2) is 11.8 Å². The molecule has 4 rings (SSSR count). The number of hydrogen-bond donors (Lipinski definition) is 1. The van der Waals surface area contributed by atoms with Crippen LogP contribution in [0.4, 0.5) is 5.69 Å². The van der Waals surface area contributed by atoms with Crippen LogP contribution in [0.1, 0.15) is 18.7 Å². The fourth-order valence-corrected chi connectivity index (χ4v) is 3.25. The van der Waals surface area contributed by atoms with Crippen molar-refractivity contribution in [2.45, 2.75) is 25.9 Å². The quantitative estimate of drug-likeness (QED) is 0.382. The van der Waals surface area contributed by atoms with Crippen LogP contribution in [0.15, 0.2) is 29.3 Å². The van der Waals surface area contributed by atoms with Gasteiger partial charge in [0.25, 0.3) is 0 Å². The molecule has 2 heterocycles. The van der Waals surface area contributed by atoms with Crippen molar-refractivity contribution in [1.82, 2.24) is 25.1 Å². The molecule has 1 aliphatic carbocycles. The van der Waals surface area contributed by atoms with Crippen molar-refractivity contribution in [2.24, 2.45) is 16.6 Å². The van der Waals surface area contributed by atoms with Gasteiger partial charge in [0.05, 0.1) is 0 Å². The number of halogens is 2. The van der Waals surface area contributed by atoms with Crippen molar-refractivity contribution in [1.29, 1.82) is 0 Å². The highest BCUT2D eigenvalue weighted by molar-refractivity contribution is 14.0. The predicted molar refractivity (Wildman–Crippen MR) is 117 cm³/mol. The van der Waals surface area contributed by atoms with E-state index in [1.807, 2.05) is 16.8 Å². The number of tetrazole rings is 1. The number of nitrogens with zero attached hydrogens (tertiary/aromatic N) is 7. The summed E-state index contributed by atoms with van der Waals surface area (Å²) in [5.74, 6) is 2.06. The molecule has 1 saturated carbocycles. The van der Waals surface area contributed by atoms with Gasteiger partial charge in [-0.2, -0.15) is 0 Å². The number of guanidine groups is 1. The lowest BCUT2D eigenvalue weighted by Crippen LogP contribution is -2.51. The largest absolute Gasteiger partial charge is 0.370 e. The Morgan fingerprint density at radius 3 is 2.52 bits per heavy atom. The van der Waals surface area contributed by atoms with Crippen molar-refractivity contribution >= 4 is 47.2 Å². The lowest BCUT2D eigenvalue weighted by molar-refractivity contribution is 0.380. The molecule has 1 aromatic heterocycles. The molecule has 27 heavy (non-hydrogen) atoms. The van der Waals surface area contributed by atoms with Crippen molar-refractivity contribution < 1.29 is 0 Å². The van der Waals surface area contributed by atoms with Gasteiger partial charge in [0.1, 0.15) is 6.54 Å². The molecule has 2 aromatic rings. The van der Waals surface area contributed by atoms with Gasteiger partial charge >= 0.3 is 0 Å². The first kappa shape index (κ1) is 20.1. The van der Waals surface area contributed by atoms with E-state index in [2.05, 4.69) is 42.5 Å². The Kier molecular flexibility index (Phi) is 6.74. The minimum absolute atomic E-state index is 0. The van der Waals surface area contributed by atoms with E-state index in [0.717, 1.165) is 49.5 Å². The van der Waals surface area contributed by atoms with Crippen LogP contribution < -0.4 is 10.6 Å². The van der Waals surface area contributed by atoms with Gasteiger partial charge in [-0.15, -0.1) is 29.1 Å². The number of rotatable bonds is 5. The van der Waals surface area contributed by atoms with E-state index in [1.165, 1.54) is 18.5 Å². The number of hydrogen-bond acceptors (Lipinski definition) is 5. The summed E-state index contributed by atoms with van der Waals surface area (Å²) in [4.78, 5) is 8.95. The third-order valence-electron chi connectivity index (χ3n) is 4.91. The highest BCUT2D eigenvalue weighted by Gasteiger charge is 2.24. The average molecular weight is 503 g/mol. The Hall–Kier alpha value is -1.62. The van der Waals surface area contributed by atoms with Crippen molar-refractivity contribution in [3.8, 4) is 0 Å². The zero-order chi connectivity index (χ0) is 17.9. The SMILES string of the molecule is I.NC(=NCc1nnnn1CC1CC1)N1CCN(c2ccc(Cl)cc2)CC1. The molecule has 1 aromatic carbocycles. The summed E-state index contributed by atoms with van der Waals surface area (Å²) in [5, 5.41) is 12.7. The molecule has 8 nitrogen and oxygen atoms in total. The molecule has 0 radical (unpaired) electrons. The molecule has 0 amide bonds. The Labute approximate surface area is 180 Å². The molecule has 1 saturated heterocycles. The lowest BCUT2D eigenvalue weighted by atomic mass is 10.2. The van der Waals surface area contributed by atoms with Crippen molar-refractivity contribution in [3.05, 3.63) is 35.1 Å². The van der Waals surface area contributed by atoms with E-state index in [9.17, 15) is 0 Å². The maximum atomic E-state index is 6.19. The summed E-state index contributed by atoms with van der Waals surface area (Å²) < 4.78 is 1.85. The summed E-state index contributed by atoms with van der Waals surface area (Å²) in [6.07, 6.45) is 2.53. The highest BCUT2D eigenvalue weighted by Crippen LogP contribution is 2.30. The second-order valence-corrected chi connectivity index (χ2v) is 7.28. The van der Waals surface area contributed by atoms with Gasteiger partial charge in [-0.05, 0) is 53.5 Å². The minimum atomic E-state index is 0. The maximum Gasteiger partial charge on any atom is 0.191 e. The standard InChI is InChI=1S/C17H23ClN8.HI/c18-14-3-5-15(6-4-14)24-7-9-25(10-8-24)17(19)20-11-16-21-22-23-26(16)12-13-1-2-13;/h3-6,13H,1-2,7-12H2,(H2,19,20);1H. The smallest absolute Gasteiger partial charge is 0.191 e. The Balaban J connectivity index is 0.00000210. The van der Waals surface area contributed by atoms with Crippen LogP contribution >= 0.6 is 35.6 Å². The fourth-order valence-electron chi connectivity index (χ4n) is 3.12. The van der Waals surface area contributed by atoms with Crippen LogP contribution in [0.25, 0.3) is 0 Å². The summed E-state index contributed by atoms with van der Waals surface area (Å²) in [7, 11) is 0. The topological polar surface area (TPSA) is 88.5 Å². The molecule has 1 aliphatic heterocycles. The molecular weight excluding hydrogens is 479 g/mol. The number of aliphatic imine (C=N–C) groups is 1.